The van der Waals surface area contributed by atoms with Crippen molar-refractivity contribution in [1.82, 2.24) is 20.3 Å². The average Bonchev–Trinajstić information content (AvgIpc) is 2.78. The van der Waals surface area contributed by atoms with Gasteiger partial charge in [0.15, 0.2) is 0 Å². The van der Waals surface area contributed by atoms with Gasteiger partial charge in [0, 0.05) is 29.9 Å². The van der Waals surface area contributed by atoms with E-state index in [1.807, 2.05) is 18.6 Å². The normalized spacial score (nSPS) is 10.6. The van der Waals surface area contributed by atoms with Gasteiger partial charge in [-0.25, -0.2) is 9.97 Å². The zero-order chi connectivity index (χ0) is 9.80. The minimum atomic E-state index is 0.817. The first-order valence-electron chi connectivity index (χ1n) is 4.43. The second kappa shape index (κ2) is 4.34. The van der Waals surface area contributed by atoms with E-state index in [0.717, 1.165) is 24.5 Å². The predicted molar refractivity (Wildman–Crippen MR) is 56.0 cm³/mol. The third kappa shape index (κ3) is 2.18. The lowest BCUT2D eigenvalue weighted by Gasteiger charge is -2.00. The van der Waals surface area contributed by atoms with E-state index in [0.29, 0.717) is 0 Å². The summed E-state index contributed by atoms with van der Waals surface area (Å²) in [5.74, 6) is 0. The monoisotopic (exact) mass is 208 g/mol. The van der Waals surface area contributed by atoms with Crippen LogP contribution in [0.1, 0.15) is 16.3 Å². The molecule has 0 atom stereocenters. The van der Waals surface area contributed by atoms with Crippen LogP contribution in [0.4, 0.5) is 0 Å². The molecule has 2 rings (SSSR count). The molecule has 0 saturated carbocycles. The van der Waals surface area contributed by atoms with Crippen LogP contribution in [0.25, 0.3) is 0 Å². The van der Waals surface area contributed by atoms with E-state index in [4.69, 9.17) is 0 Å². The highest BCUT2D eigenvalue weighted by molar-refractivity contribution is 7.09. The van der Waals surface area contributed by atoms with E-state index in [1.165, 1.54) is 4.88 Å². The van der Waals surface area contributed by atoms with Gasteiger partial charge in [0.05, 0.1) is 17.5 Å². The number of aromatic nitrogens is 3. The fourth-order valence-corrected chi connectivity index (χ4v) is 1.93. The molecule has 0 saturated heterocycles. The molecular weight excluding hydrogens is 196 g/mol. The molecule has 2 aromatic rings. The van der Waals surface area contributed by atoms with Crippen molar-refractivity contribution in [3.05, 3.63) is 34.3 Å². The molecule has 0 aromatic carbocycles. The Morgan fingerprint density at radius 2 is 2.43 bits per heavy atom. The Kier molecular flexibility index (Phi) is 2.90. The van der Waals surface area contributed by atoms with E-state index in [-0.39, 0.29) is 0 Å². The van der Waals surface area contributed by atoms with Gasteiger partial charge in [0.2, 0.25) is 0 Å². The second-order valence-corrected chi connectivity index (χ2v) is 3.98. The Labute approximate surface area is 86.4 Å². The molecule has 2 aromatic heterocycles. The van der Waals surface area contributed by atoms with Crippen molar-refractivity contribution >= 4 is 11.3 Å². The van der Waals surface area contributed by atoms with Gasteiger partial charge in [0.25, 0.3) is 0 Å². The van der Waals surface area contributed by atoms with Crippen LogP contribution >= 0.6 is 11.3 Å². The summed E-state index contributed by atoms with van der Waals surface area (Å²) in [4.78, 5) is 12.5. The van der Waals surface area contributed by atoms with Crippen LogP contribution in [0.2, 0.25) is 0 Å². The molecule has 0 radical (unpaired) electrons. The molecule has 2 heterocycles. The summed E-state index contributed by atoms with van der Waals surface area (Å²) in [6.45, 7) is 3.72. The fraction of sp³-hybridized carbons (Fsp3) is 0.333. The summed E-state index contributed by atoms with van der Waals surface area (Å²) in [5, 5.41) is 3.33. The number of rotatable bonds is 4. The summed E-state index contributed by atoms with van der Waals surface area (Å²) in [6, 6.07) is 0. The highest BCUT2D eigenvalue weighted by atomic mass is 32.1. The lowest BCUT2D eigenvalue weighted by Crippen LogP contribution is -2.12. The molecule has 4 nitrogen and oxygen atoms in total. The van der Waals surface area contributed by atoms with Crippen LogP contribution in [-0.4, -0.2) is 15.0 Å². The van der Waals surface area contributed by atoms with E-state index < -0.39 is 0 Å². The van der Waals surface area contributed by atoms with E-state index in [1.54, 1.807) is 17.7 Å². The number of hydrogen-bond donors (Lipinski definition) is 2. The molecular formula is C9H12N4S. The maximum Gasteiger partial charge on any atom is 0.0922 e. The predicted octanol–water partition coefficient (Wildman–Crippen LogP) is 1.46. The zero-order valence-corrected chi connectivity index (χ0v) is 8.77. The van der Waals surface area contributed by atoms with Crippen molar-refractivity contribution in [2.75, 3.05) is 0 Å². The Morgan fingerprint density at radius 1 is 1.50 bits per heavy atom. The van der Waals surface area contributed by atoms with Crippen LogP contribution in [0.15, 0.2) is 18.0 Å². The zero-order valence-electron chi connectivity index (χ0n) is 7.95. The van der Waals surface area contributed by atoms with Gasteiger partial charge >= 0.3 is 0 Å². The van der Waals surface area contributed by atoms with E-state index in [9.17, 15) is 0 Å². The van der Waals surface area contributed by atoms with Gasteiger partial charge in [-0.2, -0.15) is 0 Å². The Balaban J connectivity index is 1.81. The summed E-state index contributed by atoms with van der Waals surface area (Å²) >= 11 is 1.69. The van der Waals surface area contributed by atoms with Crippen LogP contribution in [-0.2, 0) is 13.1 Å². The molecule has 0 spiro atoms. The largest absolute Gasteiger partial charge is 0.347 e. The van der Waals surface area contributed by atoms with Crippen LogP contribution in [0.3, 0.4) is 0 Å². The first-order chi connectivity index (χ1) is 6.86. The number of imidazole rings is 1. The van der Waals surface area contributed by atoms with Crippen molar-refractivity contribution in [2.24, 2.45) is 0 Å². The molecule has 0 bridgehead atoms. The minimum absolute atomic E-state index is 0.817. The lowest BCUT2D eigenvalue weighted by atomic mass is 10.4. The minimum Gasteiger partial charge on any atom is -0.347 e. The van der Waals surface area contributed by atoms with Crippen molar-refractivity contribution < 1.29 is 0 Å². The van der Waals surface area contributed by atoms with Gasteiger partial charge in [-0.1, -0.05) is 0 Å². The lowest BCUT2D eigenvalue weighted by molar-refractivity contribution is 0.686. The number of nitrogens with one attached hydrogen (secondary N) is 2. The molecule has 14 heavy (non-hydrogen) atoms. The fourth-order valence-electron chi connectivity index (χ4n) is 1.19. The molecule has 0 aliphatic heterocycles. The Hall–Kier alpha value is -1.20. The second-order valence-electron chi connectivity index (χ2n) is 3.04. The SMILES string of the molecule is Cc1ncsc1CNCc1cnc[nH]1. The van der Waals surface area contributed by atoms with Gasteiger partial charge in [-0.3, -0.25) is 0 Å². The number of thiazole rings is 1. The number of nitrogens with zero attached hydrogens (tertiary/aromatic N) is 2. The first kappa shape index (κ1) is 9.36. The van der Waals surface area contributed by atoms with Crippen LogP contribution in [0, 0.1) is 6.92 Å². The molecule has 0 aliphatic rings. The van der Waals surface area contributed by atoms with Crippen LogP contribution in [0.5, 0.6) is 0 Å². The standard InChI is InChI=1S/C9H12N4S/c1-7-9(14-6-13-7)4-10-2-8-3-11-5-12-8/h3,5-6,10H,2,4H2,1H3,(H,11,12). The van der Waals surface area contributed by atoms with Gasteiger partial charge in [-0.15, -0.1) is 11.3 Å². The van der Waals surface area contributed by atoms with Gasteiger partial charge in [0.1, 0.15) is 0 Å². The Morgan fingerprint density at radius 3 is 3.07 bits per heavy atom. The van der Waals surface area contributed by atoms with Crippen molar-refractivity contribution in [3.63, 3.8) is 0 Å². The maximum absolute atomic E-state index is 4.19. The smallest absolute Gasteiger partial charge is 0.0922 e. The molecule has 5 heteroatoms. The summed E-state index contributed by atoms with van der Waals surface area (Å²) in [5.41, 5.74) is 4.10. The average molecular weight is 208 g/mol. The number of hydrogen-bond acceptors (Lipinski definition) is 4. The summed E-state index contributed by atoms with van der Waals surface area (Å²) < 4.78 is 0. The van der Waals surface area contributed by atoms with Crippen molar-refractivity contribution in [3.8, 4) is 0 Å². The van der Waals surface area contributed by atoms with Crippen molar-refractivity contribution in [1.29, 1.82) is 0 Å². The Bertz CT molecular complexity index is 379. The molecule has 0 amide bonds. The number of aromatic amines is 1. The topological polar surface area (TPSA) is 53.6 Å². The number of aryl methyl sites for hydroxylation is 1. The van der Waals surface area contributed by atoms with E-state index in [2.05, 4.69) is 20.3 Å². The third-order valence-corrected chi connectivity index (χ3v) is 2.94. The molecule has 0 aliphatic carbocycles. The highest BCUT2D eigenvalue weighted by Crippen LogP contribution is 2.11. The van der Waals surface area contributed by atoms with Gasteiger partial charge in [-0.05, 0) is 6.92 Å². The number of H-pyrrole nitrogens is 1. The third-order valence-electron chi connectivity index (χ3n) is 2.00. The quantitative estimate of drug-likeness (QED) is 0.800. The summed E-state index contributed by atoms with van der Waals surface area (Å²) in [7, 11) is 0. The first-order valence-corrected chi connectivity index (χ1v) is 5.31. The molecule has 0 fully saturated rings. The van der Waals surface area contributed by atoms with E-state index >= 15 is 0 Å². The maximum atomic E-state index is 4.19. The van der Waals surface area contributed by atoms with Gasteiger partial charge < -0.3 is 10.3 Å². The molecule has 2 N–H and O–H groups in total. The highest BCUT2D eigenvalue weighted by Gasteiger charge is 2.00. The van der Waals surface area contributed by atoms with Crippen molar-refractivity contribution in [2.45, 2.75) is 20.0 Å². The molecule has 74 valence electrons. The molecule has 0 unspecified atom stereocenters. The summed E-state index contributed by atoms with van der Waals surface area (Å²) in [6.07, 6.45) is 3.52. The van der Waals surface area contributed by atoms with Crippen LogP contribution < -0.4 is 5.32 Å².